The topological polar surface area (TPSA) is 97.0 Å². The first-order valence-electron chi connectivity index (χ1n) is 11.8. The number of hydrogen-bond donors (Lipinski definition) is 2. The van der Waals surface area contributed by atoms with Gasteiger partial charge in [0.1, 0.15) is 18.8 Å². The number of urea groups is 1. The van der Waals surface area contributed by atoms with Gasteiger partial charge in [-0.2, -0.15) is 0 Å². The number of carbonyl (C=O) groups excluding carboxylic acids is 3. The van der Waals surface area contributed by atoms with E-state index in [2.05, 4.69) is 49.2 Å². The number of imide groups is 1. The first kappa shape index (κ1) is 27.6. The van der Waals surface area contributed by atoms with E-state index in [1.807, 2.05) is 56.3 Å². The number of halogens is 2. The van der Waals surface area contributed by atoms with E-state index in [9.17, 15) is 14.4 Å². The third kappa shape index (κ3) is 6.93. The molecule has 3 aromatic carbocycles. The highest BCUT2D eigenvalue weighted by molar-refractivity contribution is 14.1. The Hall–Kier alpha value is -3.38. The maximum Gasteiger partial charge on any atom is 0.329 e. The number of anilines is 1. The SMILES string of the molecule is CCOc1cc(/C=C2/NC(=O)N(CC(=O)Nc3ccc(C)cc3)C2=O)cc(I)c1OCc1ccc(Br)cc1. The lowest BCUT2D eigenvalue weighted by atomic mass is 10.1. The summed E-state index contributed by atoms with van der Waals surface area (Å²) in [5.74, 6) is 0.0554. The predicted octanol–water partition coefficient (Wildman–Crippen LogP) is 5.87. The van der Waals surface area contributed by atoms with Crippen LogP contribution in [0.15, 0.2) is 70.8 Å². The van der Waals surface area contributed by atoms with Crippen molar-refractivity contribution in [3.63, 3.8) is 0 Å². The van der Waals surface area contributed by atoms with Gasteiger partial charge in [-0.25, -0.2) is 9.69 Å². The smallest absolute Gasteiger partial charge is 0.329 e. The minimum atomic E-state index is -0.658. The van der Waals surface area contributed by atoms with Gasteiger partial charge in [0.15, 0.2) is 11.5 Å². The quantitative estimate of drug-likeness (QED) is 0.167. The summed E-state index contributed by atoms with van der Waals surface area (Å²) in [7, 11) is 0. The van der Waals surface area contributed by atoms with Crippen LogP contribution >= 0.6 is 38.5 Å². The van der Waals surface area contributed by atoms with Crippen molar-refractivity contribution in [1.29, 1.82) is 0 Å². The average molecular weight is 690 g/mol. The summed E-state index contributed by atoms with van der Waals surface area (Å²) in [6.07, 6.45) is 1.56. The Morgan fingerprint density at radius 2 is 1.79 bits per heavy atom. The van der Waals surface area contributed by atoms with E-state index in [-0.39, 0.29) is 5.70 Å². The van der Waals surface area contributed by atoms with Crippen LogP contribution in [0.1, 0.15) is 23.6 Å². The van der Waals surface area contributed by atoms with Crippen LogP contribution in [-0.2, 0) is 16.2 Å². The van der Waals surface area contributed by atoms with Crippen molar-refractivity contribution in [1.82, 2.24) is 10.2 Å². The lowest BCUT2D eigenvalue weighted by Crippen LogP contribution is -2.38. The summed E-state index contributed by atoms with van der Waals surface area (Å²) < 4.78 is 13.7. The van der Waals surface area contributed by atoms with Gasteiger partial charge in [-0.1, -0.05) is 45.8 Å². The predicted molar refractivity (Wildman–Crippen MR) is 157 cm³/mol. The van der Waals surface area contributed by atoms with E-state index in [1.54, 1.807) is 24.3 Å². The summed E-state index contributed by atoms with van der Waals surface area (Å²) in [5, 5.41) is 5.25. The molecule has 10 heteroatoms. The van der Waals surface area contributed by atoms with E-state index >= 15 is 0 Å². The number of carbonyl (C=O) groups is 3. The van der Waals surface area contributed by atoms with E-state index < -0.39 is 24.4 Å². The molecule has 0 radical (unpaired) electrons. The molecule has 1 heterocycles. The fourth-order valence-corrected chi connectivity index (χ4v) is 4.72. The molecule has 0 aliphatic carbocycles. The molecular weight excluding hydrogens is 665 g/mol. The van der Waals surface area contributed by atoms with Gasteiger partial charge in [0.05, 0.1) is 10.2 Å². The molecule has 0 saturated carbocycles. The van der Waals surface area contributed by atoms with E-state index in [0.717, 1.165) is 24.1 Å². The zero-order valence-corrected chi connectivity index (χ0v) is 24.5. The molecule has 3 aromatic rings. The average Bonchev–Trinajstić information content (AvgIpc) is 3.13. The fourth-order valence-electron chi connectivity index (χ4n) is 3.67. The molecule has 2 N–H and O–H groups in total. The summed E-state index contributed by atoms with van der Waals surface area (Å²) in [5.41, 5.74) is 3.36. The first-order chi connectivity index (χ1) is 18.2. The Labute approximate surface area is 242 Å². The molecule has 1 saturated heterocycles. The van der Waals surface area contributed by atoms with Crippen LogP contribution in [-0.4, -0.2) is 35.9 Å². The van der Waals surface area contributed by atoms with Gasteiger partial charge < -0.3 is 20.1 Å². The molecular formula is C28H25BrIN3O5. The van der Waals surface area contributed by atoms with E-state index in [1.165, 1.54) is 0 Å². The minimum Gasteiger partial charge on any atom is -0.490 e. The van der Waals surface area contributed by atoms with Crippen LogP contribution in [0.3, 0.4) is 0 Å². The van der Waals surface area contributed by atoms with Crippen LogP contribution < -0.4 is 20.1 Å². The van der Waals surface area contributed by atoms with Crippen molar-refractivity contribution in [3.8, 4) is 11.5 Å². The molecule has 1 fully saturated rings. The maximum absolute atomic E-state index is 12.9. The highest BCUT2D eigenvalue weighted by Gasteiger charge is 2.35. The van der Waals surface area contributed by atoms with Crippen molar-refractivity contribution in [3.05, 3.63) is 91.1 Å². The zero-order chi connectivity index (χ0) is 27.2. The number of ether oxygens (including phenoxy) is 2. The lowest BCUT2D eigenvalue weighted by molar-refractivity contribution is -0.127. The van der Waals surface area contributed by atoms with Crippen LogP contribution in [0, 0.1) is 10.5 Å². The second-order valence-corrected chi connectivity index (χ2v) is 10.5. The van der Waals surface area contributed by atoms with Crippen molar-refractivity contribution in [2.75, 3.05) is 18.5 Å². The maximum atomic E-state index is 12.9. The molecule has 4 rings (SSSR count). The van der Waals surface area contributed by atoms with Crippen LogP contribution in [0.2, 0.25) is 0 Å². The Balaban J connectivity index is 1.48. The van der Waals surface area contributed by atoms with Crippen molar-refractivity contribution < 1.29 is 23.9 Å². The number of rotatable bonds is 9. The van der Waals surface area contributed by atoms with Crippen LogP contribution in [0.4, 0.5) is 10.5 Å². The van der Waals surface area contributed by atoms with Gasteiger partial charge in [0.2, 0.25) is 5.91 Å². The first-order valence-corrected chi connectivity index (χ1v) is 13.7. The highest BCUT2D eigenvalue weighted by Crippen LogP contribution is 2.36. The molecule has 0 bridgehead atoms. The van der Waals surface area contributed by atoms with Gasteiger partial charge in [-0.3, -0.25) is 9.59 Å². The third-order valence-corrected chi connectivity index (χ3v) is 6.87. The second kappa shape index (κ2) is 12.4. The number of amides is 4. The van der Waals surface area contributed by atoms with Gasteiger partial charge in [-0.15, -0.1) is 0 Å². The highest BCUT2D eigenvalue weighted by atomic mass is 127. The molecule has 1 aliphatic heterocycles. The lowest BCUT2D eigenvalue weighted by Gasteiger charge is -2.15. The number of benzene rings is 3. The standard InChI is InChI=1S/C28H25BrIN3O5/c1-3-37-24-14-19(12-22(30)26(24)38-16-18-6-8-20(29)9-7-18)13-23-27(35)33(28(36)32-23)15-25(34)31-21-10-4-17(2)5-11-21/h4-14H,3,15-16H2,1-2H3,(H,31,34)(H,32,36)/b23-13+. The van der Waals surface area contributed by atoms with Crippen molar-refractivity contribution in [2.24, 2.45) is 0 Å². The molecule has 0 atom stereocenters. The van der Waals surface area contributed by atoms with Gasteiger partial charge in [0, 0.05) is 10.2 Å². The Bertz CT molecular complexity index is 1390. The zero-order valence-electron chi connectivity index (χ0n) is 20.7. The van der Waals surface area contributed by atoms with Crippen molar-refractivity contribution in [2.45, 2.75) is 20.5 Å². The third-order valence-electron chi connectivity index (χ3n) is 5.54. The van der Waals surface area contributed by atoms with Gasteiger partial charge >= 0.3 is 6.03 Å². The molecule has 0 spiro atoms. The summed E-state index contributed by atoms with van der Waals surface area (Å²) in [6.45, 7) is 4.19. The molecule has 4 amide bonds. The molecule has 0 aromatic heterocycles. The van der Waals surface area contributed by atoms with Gasteiger partial charge in [-0.05, 0) is 90.0 Å². The molecule has 0 unspecified atom stereocenters. The summed E-state index contributed by atoms with van der Waals surface area (Å²) >= 11 is 5.58. The van der Waals surface area contributed by atoms with Gasteiger partial charge in [0.25, 0.3) is 5.91 Å². The second-order valence-electron chi connectivity index (χ2n) is 8.47. The Morgan fingerprint density at radius 1 is 1.08 bits per heavy atom. The monoisotopic (exact) mass is 689 g/mol. The molecule has 196 valence electrons. The molecule has 1 aliphatic rings. The largest absolute Gasteiger partial charge is 0.490 e. The van der Waals surface area contributed by atoms with Crippen molar-refractivity contribution >= 4 is 68.1 Å². The molecule has 8 nitrogen and oxygen atoms in total. The summed E-state index contributed by atoms with van der Waals surface area (Å²) in [4.78, 5) is 38.7. The minimum absolute atomic E-state index is 0.0694. The molecule has 38 heavy (non-hydrogen) atoms. The number of nitrogens with one attached hydrogen (secondary N) is 2. The Morgan fingerprint density at radius 3 is 2.47 bits per heavy atom. The van der Waals surface area contributed by atoms with E-state index in [0.29, 0.717) is 36.0 Å². The summed E-state index contributed by atoms with van der Waals surface area (Å²) in [6, 6.07) is 18.0. The van der Waals surface area contributed by atoms with Crippen LogP contribution in [0.25, 0.3) is 6.08 Å². The Kier molecular flexibility index (Phi) is 9.05. The normalized spacial score (nSPS) is 14.0. The fraction of sp³-hybridized carbons (Fsp3) is 0.179. The number of hydrogen-bond acceptors (Lipinski definition) is 5. The van der Waals surface area contributed by atoms with Crippen LogP contribution in [0.5, 0.6) is 11.5 Å². The number of nitrogens with zero attached hydrogens (tertiary/aromatic N) is 1. The van der Waals surface area contributed by atoms with E-state index in [4.69, 9.17) is 9.47 Å². The number of aryl methyl sites for hydroxylation is 1.